The second kappa shape index (κ2) is 4.69. The van der Waals surface area contributed by atoms with Crippen molar-refractivity contribution >= 4 is 0 Å². The standard InChI is InChI=1S/C8H14O5/c1-2-3-12-8-7(11)6(10)5(9)4-13-8/h2,5-11H,1,3-4H2/t5-,6?,7+,8-/m1/s1. The maximum absolute atomic E-state index is 9.34. The molecule has 3 N–H and O–H groups in total. The van der Waals surface area contributed by atoms with Crippen molar-refractivity contribution in [1.29, 1.82) is 0 Å². The third-order valence-electron chi connectivity index (χ3n) is 1.83. The Kier molecular flexibility index (Phi) is 3.83. The van der Waals surface area contributed by atoms with Crippen molar-refractivity contribution in [2.24, 2.45) is 0 Å². The molecule has 1 aliphatic heterocycles. The van der Waals surface area contributed by atoms with E-state index >= 15 is 0 Å². The Morgan fingerprint density at radius 3 is 2.69 bits per heavy atom. The molecular formula is C8H14O5. The van der Waals surface area contributed by atoms with Crippen LogP contribution in [0.3, 0.4) is 0 Å². The molecule has 1 rings (SSSR count). The van der Waals surface area contributed by atoms with E-state index in [9.17, 15) is 10.2 Å². The van der Waals surface area contributed by atoms with Gasteiger partial charge in [-0.15, -0.1) is 6.58 Å². The van der Waals surface area contributed by atoms with Crippen molar-refractivity contribution in [1.82, 2.24) is 0 Å². The van der Waals surface area contributed by atoms with Gasteiger partial charge in [-0.3, -0.25) is 0 Å². The molecule has 1 heterocycles. The molecule has 1 aliphatic rings. The van der Waals surface area contributed by atoms with Crippen molar-refractivity contribution in [2.75, 3.05) is 13.2 Å². The topological polar surface area (TPSA) is 79.2 Å². The Morgan fingerprint density at radius 1 is 1.38 bits per heavy atom. The first-order valence-electron chi connectivity index (χ1n) is 4.05. The summed E-state index contributed by atoms with van der Waals surface area (Å²) in [5.74, 6) is 0. The Balaban J connectivity index is 2.43. The number of hydrogen-bond acceptors (Lipinski definition) is 5. The molecule has 0 aliphatic carbocycles. The van der Waals surface area contributed by atoms with Crippen LogP contribution in [0.4, 0.5) is 0 Å². The van der Waals surface area contributed by atoms with E-state index in [-0.39, 0.29) is 13.2 Å². The zero-order valence-corrected chi connectivity index (χ0v) is 7.17. The van der Waals surface area contributed by atoms with Crippen molar-refractivity contribution < 1.29 is 24.8 Å². The molecule has 0 radical (unpaired) electrons. The molecule has 0 spiro atoms. The second-order valence-electron chi connectivity index (χ2n) is 2.87. The predicted octanol–water partition coefficient (Wildman–Crippen LogP) is -1.37. The van der Waals surface area contributed by atoms with Crippen LogP contribution in [0.1, 0.15) is 0 Å². The first-order valence-corrected chi connectivity index (χ1v) is 4.05. The van der Waals surface area contributed by atoms with E-state index < -0.39 is 24.6 Å². The fraction of sp³-hybridized carbons (Fsp3) is 0.750. The lowest BCUT2D eigenvalue weighted by Gasteiger charge is -2.34. The van der Waals surface area contributed by atoms with Gasteiger partial charge in [0.1, 0.15) is 18.3 Å². The Bertz CT molecular complexity index is 172. The number of ether oxygens (including phenoxy) is 2. The van der Waals surface area contributed by atoms with Crippen LogP contribution in [0.25, 0.3) is 0 Å². The minimum absolute atomic E-state index is 0.0416. The summed E-state index contributed by atoms with van der Waals surface area (Å²) in [6.07, 6.45) is -2.88. The quantitative estimate of drug-likeness (QED) is 0.478. The van der Waals surface area contributed by atoms with E-state index in [1.807, 2.05) is 0 Å². The summed E-state index contributed by atoms with van der Waals surface area (Å²) in [6, 6.07) is 0. The summed E-state index contributed by atoms with van der Waals surface area (Å²) < 4.78 is 9.95. The molecule has 5 nitrogen and oxygen atoms in total. The maximum Gasteiger partial charge on any atom is 0.186 e. The lowest BCUT2D eigenvalue weighted by Crippen LogP contribution is -2.53. The van der Waals surface area contributed by atoms with Gasteiger partial charge in [0.05, 0.1) is 13.2 Å². The summed E-state index contributed by atoms with van der Waals surface area (Å²) in [4.78, 5) is 0. The molecule has 0 amide bonds. The number of aliphatic hydroxyl groups is 3. The van der Waals surface area contributed by atoms with Gasteiger partial charge in [-0.1, -0.05) is 6.08 Å². The summed E-state index contributed by atoms with van der Waals surface area (Å²) in [7, 11) is 0. The number of rotatable bonds is 3. The summed E-state index contributed by atoms with van der Waals surface area (Å²) in [6.45, 7) is 3.62. The first kappa shape index (κ1) is 10.6. The summed E-state index contributed by atoms with van der Waals surface area (Å²) in [5, 5.41) is 27.7. The van der Waals surface area contributed by atoms with Crippen LogP contribution < -0.4 is 0 Å². The predicted molar refractivity (Wildman–Crippen MR) is 43.9 cm³/mol. The summed E-state index contributed by atoms with van der Waals surface area (Å²) >= 11 is 0. The van der Waals surface area contributed by atoms with Crippen LogP contribution in [-0.2, 0) is 9.47 Å². The van der Waals surface area contributed by atoms with E-state index in [0.717, 1.165) is 0 Å². The molecule has 0 bridgehead atoms. The van der Waals surface area contributed by atoms with Crippen LogP contribution in [-0.4, -0.2) is 53.1 Å². The van der Waals surface area contributed by atoms with Crippen LogP contribution in [0.2, 0.25) is 0 Å². The highest BCUT2D eigenvalue weighted by Gasteiger charge is 2.37. The summed E-state index contributed by atoms with van der Waals surface area (Å²) in [5.41, 5.74) is 0. The molecule has 0 aromatic heterocycles. The molecule has 5 heteroatoms. The molecule has 4 atom stereocenters. The van der Waals surface area contributed by atoms with Gasteiger partial charge in [0.2, 0.25) is 0 Å². The van der Waals surface area contributed by atoms with Crippen molar-refractivity contribution in [3.05, 3.63) is 12.7 Å². The Morgan fingerprint density at radius 2 is 2.08 bits per heavy atom. The van der Waals surface area contributed by atoms with Crippen LogP contribution in [0.5, 0.6) is 0 Å². The second-order valence-corrected chi connectivity index (χ2v) is 2.87. The molecule has 0 aromatic carbocycles. The lowest BCUT2D eigenvalue weighted by molar-refractivity contribution is -0.266. The highest BCUT2D eigenvalue weighted by Crippen LogP contribution is 2.16. The Hall–Kier alpha value is -0.460. The minimum atomic E-state index is -1.22. The van der Waals surface area contributed by atoms with Gasteiger partial charge in [-0.25, -0.2) is 0 Å². The zero-order valence-electron chi connectivity index (χ0n) is 7.17. The van der Waals surface area contributed by atoms with Crippen molar-refractivity contribution in [3.8, 4) is 0 Å². The van der Waals surface area contributed by atoms with Gasteiger partial charge in [-0.05, 0) is 0 Å². The Labute approximate surface area is 76.2 Å². The first-order chi connectivity index (χ1) is 6.16. The van der Waals surface area contributed by atoms with E-state index in [4.69, 9.17) is 14.6 Å². The molecule has 76 valence electrons. The highest BCUT2D eigenvalue weighted by atomic mass is 16.7. The minimum Gasteiger partial charge on any atom is -0.388 e. The molecule has 13 heavy (non-hydrogen) atoms. The fourth-order valence-corrected chi connectivity index (χ4v) is 1.09. The SMILES string of the molecule is C=CCO[C@@H]1OC[C@@H](O)C(O)[C@@H]1O. The fourth-order valence-electron chi connectivity index (χ4n) is 1.09. The van der Waals surface area contributed by atoms with Crippen LogP contribution in [0, 0.1) is 0 Å². The molecule has 1 saturated heterocycles. The van der Waals surface area contributed by atoms with Crippen molar-refractivity contribution in [2.45, 2.75) is 24.6 Å². The molecular weight excluding hydrogens is 176 g/mol. The van der Waals surface area contributed by atoms with Gasteiger partial charge in [-0.2, -0.15) is 0 Å². The third kappa shape index (κ3) is 2.49. The average molecular weight is 190 g/mol. The smallest absolute Gasteiger partial charge is 0.186 e. The van der Waals surface area contributed by atoms with Gasteiger partial charge in [0.15, 0.2) is 6.29 Å². The maximum atomic E-state index is 9.34. The normalized spacial score (nSPS) is 40.2. The number of hydrogen-bond donors (Lipinski definition) is 3. The number of aliphatic hydroxyl groups excluding tert-OH is 3. The van der Waals surface area contributed by atoms with Gasteiger partial charge >= 0.3 is 0 Å². The molecule has 0 aromatic rings. The van der Waals surface area contributed by atoms with E-state index in [2.05, 4.69) is 6.58 Å². The van der Waals surface area contributed by atoms with E-state index in [0.29, 0.717) is 0 Å². The largest absolute Gasteiger partial charge is 0.388 e. The van der Waals surface area contributed by atoms with Gasteiger partial charge < -0.3 is 24.8 Å². The molecule has 0 saturated carbocycles. The molecule has 1 fully saturated rings. The van der Waals surface area contributed by atoms with Crippen LogP contribution in [0.15, 0.2) is 12.7 Å². The van der Waals surface area contributed by atoms with Crippen LogP contribution >= 0.6 is 0 Å². The van der Waals surface area contributed by atoms with E-state index in [1.165, 1.54) is 6.08 Å². The van der Waals surface area contributed by atoms with Gasteiger partial charge in [0.25, 0.3) is 0 Å². The average Bonchev–Trinajstić information content (AvgIpc) is 2.13. The molecule has 1 unspecified atom stereocenters. The van der Waals surface area contributed by atoms with E-state index in [1.54, 1.807) is 0 Å². The van der Waals surface area contributed by atoms with Crippen molar-refractivity contribution in [3.63, 3.8) is 0 Å². The lowest BCUT2D eigenvalue weighted by atomic mass is 10.1. The zero-order chi connectivity index (χ0) is 9.84. The highest BCUT2D eigenvalue weighted by molar-refractivity contribution is 4.83. The van der Waals surface area contributed by atoms with Gasteiger partial charge in [0, 0.05) is 0 Å². The third-order valence-corrected chi connectivity index (χ3v) is 1.83. The monoisotopic (exact) mass is 190 g/mol.